The van der Waals surface area contributed by atoms with Gasteiger partial charge in [0, 0.05) is 6.42 Å². The molecule has 9 heteroatoms. The molecule has 63 heavy (non-hydrogen) atoms. The molecule has 372 valence electrons. The number of ether oxygens (including phenoxy) is 4. The number of unbranched alkanes of at least 4 members (excludes halogenated alkanes) is 19. The fourth-order valence-corrected chi connectivity index (χ4v) is 8.32. The van der Waals surface area contributed by atoms with Crippen molar-refractivity contribution in [1.29, 1.82) is 0 Å². The van der Waals surface area contributed by atoms with Crippen LogP contribution in [0.15, 0.2) is 0 Å². The van der Waals surface area contributed by atoms with Gasteiger partial charge in [0.25, 0.3) is 0 Å². The first-order chi connectivity index (χ1) is 30.5. The summed E-state index contributed by atoms with van der Waals surface area (Å²) in [5.41, 5.74) is -1.25. The maximum absolute atomic E-state index is 14.1. The number of carbonyl (C=O) groups is 4. The van der Waals surface area contributed by atoms with Gasteiger partial charge in [-0.2, -0.15) is 0 Å². The Hall–Kier alpha value is -2.16. The van der Waals surface area contributed by atoms with E-state index in [1.165, 1.54) is 0 Å². The molecule has 0 bridgehead atoms. The number of carbonyl (C=O) groups excluding carboxylic acids is 4. The SMILES string of the molecule is CCCCCCC(CCCCCC)C(=O)OCC(COC(=O)CCCCN(C)C)(COC(=O)C(CCCCCC)CCCCCC)COC(=O)C(CCCCCC)CCCCCC. The van der Waals surface area contributed by atoms with Gasteiger partial charge in [-0.25, -0.2) is 0 Å². The van der Waals surface area contributed by atoms with Crippen LogP contribution in [0.1, 0.15) is 253 Å². The number of esters is 4. The summed E-state index contributed by atoms with van der Waals surface area (Å²) < 4.78 is 24.8. The number of hydrogen-bond donors (Lipinski definition) is 0. The quantitative estimate of drug-likeness (QED) is 0.0335. The molecule has 0 aliphatic carbocycles. The summed E-state index contributed by atoms with van der Waals surface area (Å²) in [6.45, 7) is 13.3. The molecule has 0 aromatic carbocycles. The van der Waals surface area contributed by atoms with Crippen LogP contribution in [-0.2, 0) is 38.1 Å². The van der Waals surface area contributed by atoms with Crippen molar-refractivity contribution >= 4 is 23.9 Å². The first-order valence-electron chi connectivity index (χ1n) is 26.8. The van der Waals surface area contributed by atoms with Crippen LogP contribution in [0, 0.1) is 23.2 Å². The van der Waals surface area contributed by atoms with Crippen LogP contribution in [0.2, 0.25) is 0 Å². The lowest BCUT2D eigenvalue weighted by Gasteiger charge is -2.33. The Bertz CT molecular complexity index is 952. The van der Waals surface area contributed by atoms with E-state index in [2.05, 4.69) is 46.4 Å². The van der Waals surface area contributed by atoms with E-state index in [1.54, 1.807) is 0 Å². The summed E-state index contributed by atoms with van der Waals surface area (Å²) in [7, 11) is 4.03. The zero-order valence-electron chi connectivity index (χ0n) is 42.8. The zero-order valence-corrected chi connectivity index (χ0v) is 42.8. The minimum atomic E-state index is -1.25. The van der Waals surface area contributed by atoms with Crippen molar-refractivity contribution in [3.63, 3.8) is 0 Å². The Morgan fingerprint density at radius 1 is 0.365 bits per heavy atom. The zero-order chi connectivity index (χ0) is 46.8. The van der Waals surface area contributed by atoms with E-state index >= 15 is 0 Å². The van der Waals surface area contributed by atoms with E-state index in [4.69, 9.17) is 18.9 Å². The number of hydrogen-bond acceptors (Lipinski definition) is 9. The van der Waals surface area contributed by atoms with E-state index < -0.39 is 5.41 Å². The summed E-state index contributed by atoms with van der Waals surface area (Å²) >= 11 is 0. The molecular weight excluding hydrogens is 791 g/mol. The van der Waals surface area contributed by atoms with Crippen LogP contribution >= 0.6 is 0 Å². The molecule has 0 saturated carbocycles. The fourth-order valence-electron chi connectivity index (χ4n) is 8.32. The summed E-state index contributed by atoms with van der Waals surface area (Å²) in [5.74, 6) is -1.90. The van der Waals surface area contributed by atoms with E-state index in [-0.39, 0.29) is 74.5 Å². The molecule has 0 atom stereocenters. The Balaban J connectivity index is 6.81. The lowest BCUT2D eigenvalue weighted by atomic mass is 9.90. The molecule has 0 spiro atoms. The minimum absolute atomic E-state index is 0.171. The second-order valence-corrected chi connectivity index (χ2v) is 19.4. The predicted octanol–water partition coefficient (Wildman–Crippen LogP) is 14.5. The van der Waals surface area contributed by atoms with Gasteiger partial charge in [-0.1, -0.05) is 196 Å². The van der Waals surface area contributed by atoms with Gasteiger partial charge in [0.1, 0.15) is 31.8 Å². The second-order valence-electron chi connectivity index (χ2n) is 19.4. The maximum atomic E-state index is 14.1. The number of rotatable bonds is 46. The highest BCUT2D eigenvalue weighted by Gasteiger charge is 2.40. The van der Waals surface area contributed by atoms with Crippen LogP contribution in [0.5, 0.6) is 0 Å². The Morgan fingerprint density at radius 2 is 0.635 bits per heavy atom. The second kappa shape index (κ2) is 42.5. The van der Waals surface area contributed by atoms with E-state index in [0.717, 1.165) is 206 Å². The summed E-state index contributed by atoms with van der Waals surface area (Å²) in [6, 6.07) is 0. The normalized spacial score (nSPS) is 11.9. The summed E-state index contributed by atoms with van der Waals surface area (Å²) in [4.78, 5) is 57.8. The first-order valence-corrected chi connectivity index (χ1v) is 26.8. The van der Waals surface area contributed by atoms with Crippen molar-refractivity contribution in [2.24, 2.45) is 23.2 Å². The highest BCUT2D eigenvalue weighted by molar-refractivity contribution is 5.74. The van der Waals surface area contributed by atoms with E-state index in [1.807, 2.05) is 14.1 Å². The smallest absolute Gasteiger partial charge is 0.308 e. The summed E-state index contributed by atoms with van der Waals surface area (Å²) in [5, 5.41) is 0. The van der Waals surface area contributed by atoms with E-state index in [9.17, 15) is 19.2 Å². The van der Waals surface area contributed by atoms with Crippen LogP contribution in [0.25, 0.3) is 0 Å². The molecule has 0 fully saturated rings. The minimum Gasteiger partial charge on any atom is -0.465 e. The Labute approximate surface area is 389 Å². The lowest BCUT2D eigenvalue weighted by Crippen LogP contribution is -2.45. The monoisotopic (exact) mass is 894 g/mol. The molecule has 9 nitrogen and oxygen atoms in total. The van der Waals surface area contributed by atoms with Crippen LogP contribution < -0.4 is 0 Å². The van der Waals surface area contributed by atoms with Gasteiger partial charge in [-0.15, -0.1) is 0 Å². The third-order valence-electron chi connectivity index (χ3n) is 12.8. The maximum Gasteiger partial charge on any atom is 0.308 e. The van der Waals surface area contributed by atoms with Crippen molar-refractivity contribution in [2.75, 3.05) is 47.1 Å². The van der Waals surface area contributed by atoms with Crippen LogP contribution in [0.3, 0.4) is 0 Å². The van der Waals surface area contributed by atoms with Gasteiger partial charge in [0.05, 0.1) is 17.8 Å². The molecule has 0 heterocycles. The van der Waals surface area contributed by atoms with Gasteiger partial charge in [-0.3, -0.25) is 19.2 Å². The van der Waals surface area contributed by atoms with Crippen molar-refractivity contribution < 1.29 is 38.1 Å². The standard InChI is InChI=1S/C54H103NO8/c1-9-15-21-27-35-47(36-28-22-16-10-2)51(57)61-44-54(43-60-50(56)41-33-34-42-55(7)8,45-62-52(58)48(37-29-23-17-11-3)38-30-24-18-12-4)46-63-53(59)49(39-31-25-19-13-5)40-32-26-20-14-6/h47-49H,9-46H2,1-8H3. The molecule has 0 unspecified atom stereocenters. The van der Waals surface area contributed by atoms with Crippen LogP contribution in [-0.4, -0.2) is 75.8 Å². The molecule has 0 radical (unpaired) electrons. The molecule has 0 aliphatic rings. The van der Waals surface area contributed by atoms with Gasteiger partial charge in [0.15, 0.2) is 0 Å². The van der Waals surface area contributed by atoms with Crippen molar-refractivity contribution in [1.82, 2.24) is 4.90 Å². The Morgan fingerprint density at radius 3 is 0.889 bits per heavy atom. The third kappa shape index (κ3) is 33.9. The van der Waals surface area contributed by atoms with Crippen molar-refractivity contribution in [3.05, 3.63) is 0 Å². The van der Waals surface area contributed by atoms with Gasteiger partial charge in [-0.05, 0) is 72.0 Å². The van der Waals surface area contributed by atoms with Crippen LogP contribution in [0.4, 0.5) is 0 Å². The molecule has 0 N–H and O–H groups in total. The van der Waals surface area contributed by atoms with Gasteiger partial charge < -0.3 is 23.8 Å². The topological polar surface area (TPSA) is 108 Å². The molecule has 0 rings (SSSR count). The summed E-state index contributed by atoms with van der Waals surface area (Å²) in [6.07, 6.45) is 32.1. The number of nitrogens with zero attached hydrogens (tertiary/aromatic N) is 1. The Kier molecular flexibility index (Phi) is 41.0. The third-order valence-corrected chi connectivity index (χ3v) is 12.8. The average molecular weight is 894 g/mol. The largest absolute Gasteiger partial charge is 0.465 e. The average Bonchev–Trinajstić information content (AvgIpc) is 3.27. The molecule has 0 amide bonds. The van der Waals surface area contributed by atoms with Gasteiger partial charge in [0.2, 0.25) is 0 Å². The molecule has 0 aromatic heterocycles. The van der Waals surface area contributed by atoms with Crippen molar-refractivity contribution in [2.45, 2.75) is 253 Å². The molecule has 0 aromatic rings. The van der Waals surface area contributed by atoms with Gasteiger partial charge >= 0.3 is 23.9 Å². The molecule has 0 saturated heterocycles. The lowest BCUT2D eigenvalue weighted by molar-refractivity contribution is -0.175. The van der Waals surface area contributed by atoms with Crippen molar-refractivity contribution in [3.8, 4) is 0 Å². The predicted molar refractivity (Wildman–Crippen MR) is 262 cm³/mol. The first kappa shape index (κ1) is 60.8. The molecule has 0 aliphatic heterocycles. The fraction of sp³-hybridized carbons (Fsp3) is 0.926. The highest BCUT2D eigenvalue weighted by atomic mass is 16.6. The van der Waals surface area contributed by atoms with E-state index in [0.29, 0.717) is 6.42 Å². The highest BCUT2D eigenvalue weighted by Crippen LogP contribution is 2.29. The molecular formula is C54H103NO8.